The first-order valence-corrected chi connectivity index (χ1v) is 13.1. The molecule has 0 aromatic heterocycles. The minimum absolute atomic E-state index is 0.0544. The van der Waals surface area contributed by atoms with Crippen molar-refractivity contribution in [1.29, 1.82) is 0 Å². The van der Waals surface area contributed by atoms with Gasteiger partial charge in [-0.05, 0) is 61.5 Å². The number of hydrogen-bond donors (Lipinski definition) is 0. The highest BCUT2D eigenvalue weighted by Crippen LogP contribution is 2.26. The average molecular weight is 512 g/mol. The molecule has 0 radical (unpaired) electrons. The van der Waals surface area contributed by atoms with Crippen molar-refractivity contribution < 1.29 is 22.3 Å². The number of benzene rings is 3. The Morgan fingerprint density at radius 1 is 0.972 bits per heavy atom. The molecule has 4 rings (SSSR count). The molecule has 1 saturated heterocycles. The van der Waals surface area contributed by atoms with Gasteiger partial charge in [-0.3, -0.25) is 4.79 Å². The SMILES string of the molecule is COc1ccc(C(=O)N2CCN(c3ccc(F)cc3)CC2)cc1CN(C)S(=O)(=O)c1ccc(C)cc1. The standard InChI is InChI=1S/C27H30FN3O4S/c1-20-4-11-25(12-5-20)36(33,34)29(2)19-22-18-21(6-13-26(22)35-3)27(32)31-16-14-30(15-17-31)24-9-7-23(28)8-10-24/h4-13,18H,14-17,19H2,1-3H3. The van der Waals surface area contributed by atoms with Gasteiger partial charge in [0.15, 0.2) is 0 Å². The predicted molar refractivity (Wildman–Crippen MR) is 137 cm³/mol. The predicted octanol–water partition coefficient (Wildman–Crippen LogP) is 3.93. The number of sulfonamides is 1. The lowest BCUT2D eigenvalue weighted by Gasteiger charge is -2.36. The highest BCUT2D eigenvalue weighted by atomic mass is 32.2. The molecule has 7 nitrogen and oxygen atoms in total. The van der Waals surface area contributed by atoms with E-state index in [2.05, 4.69) is 4.90 Å². The van der Waals surface area contributed by atoms with E-state index in [4.69, 9.17) is 4.74 Å². The van der Waals surface area contributed by atoms with E-state index in [-0.39, 0.29) is 23.2 Å². The zero-order chi connectivity index (χ0) is 25.9. The Hall–Kier alpha value is -3.43. The summed E-state index contributed by atoms with van der Waals surface area (Å²) in [6.07, 6.45) is 0. The Labute approximate surface area is 211 Å². The fraction of sp³-hybridized carbons (Fsp3) is 0.296. The Kier molecular flexibility index (Phi) is 7.61. The average Bonchev–Trinajstić information content (AvgIpc) is 2.89. The van der Waals surface area contributed by atoms with Crippen LogP contribution in [0.4, 0.5) is 10.1 Å². The zero-order valence-electron chi connectivity index (χ0n) is 20.6. The van der Waals surface area contributed by atoms with E-state index in [0.717, 1.165) is 11.3 Å². The van der Waals surface area contributed by atoms with Crippen LogP contribution in [0.25, 0.3) is 0 Å². The number of rotatable bonds is 7. The minimum atomic E-state index is -3.71. The number of nitrogens with zero attached hydrogens (tertiary/aromatic N) is 3. The van der Waals surface area contributed by atoms with Crippen LogP contribution >= 0.6 is 0 Å². The molecule has 0 unspecified atom stereocenters. The monoisotopic (exact) mass is 511 g/mol. The molecule has 0 spiro atoms. The van der Waals surface area contributed by atoms with Crippen molar-refractivity contribution in [3.8, 4) is 5.75 Å². The van der Waals surface area contributed by atoms with Gasteiger partial charge in [-0.1, -0.05) is 17.7 Å². The number of anilines is 1. The van der Waals surface area contributed by atoms with Crippen molar-refractivity contribution in [3.63, 3.8) is 0 Å². The van der Waals surface area contributed by atoms with Crippen LogP contribution in [0.15, 0.2) is 71.6 Å². The zero-order valence-corrected chi connectivity index (χ0v) is 21.5. The second kappa shape index (κ2) is 10.7. The van der Waals surface area contributed by atoms with E-state index in [1.807, 2.05) is 6.92 Å². The van der Waals surface area contributed by atoms with Crippen LogP contribution in [0.1, 0.15) is 21.5 Å². The van der Waals surface area contributed by atoms with Crippen molar-refractivity contribution in [1.82, 2.24) is 9.21 Å². The van der Waals surface area contributed by atoms with E-state index >= 15 is 0 Å². The van der Waals surface area contributed by atoms with E-state index in [0.29, 0.717) is 43.1 Å². The maximum atomic E-state index is 13.3. The second-order valence-corrected chi connectivity index (χ2v) is 10.9. The minimum Gasteiger partial charge on any atom is -0.496 e. The highest BCUT2D eigenvalue weighted by molar-refractivity contribution is 7.89. The van der Waals surface area contributed by atoms with Crippen molar-refractivity contribution in [3.05, 3.63) is 89.2 Å². The van der Waals surface area contributed by atoms with E-state index in [1.54, 1.807) is 59.5 Å². The van der Waals surface area contributed by atoms with Gasteiger partial charge in [0.1, 0.15) is 11.6 Å². The van der Waals surface area contributed by atoms with Crippen LogP contribution in [0.3, 0.4) is 0 Å². The molecule has 9 heteroatoms. The van der Waals surface area contributed by atoms with Gasteiger partial charge in [-0.15, -0.1) is 0 Å². The van der Waals surface area contributed by atoms with Gasteiger partial charge in [0.05, 0.1) is 12.0 Å². The molecule has 1 heterocycles. The molecule has 0 atom stereocenters. The Morgan fingerprint density at radius 2 is 1.61 bits per heavy atom. The van der Waals surface area contributed by atoms with Gasteiger partial charge in [-0.2, -0.15) is 4.31 Å². The number of aryl methyl sites for hydroxylation is 1. The Balaban J connectivity index is 1.47. The molecular weight excluding hydrogens is 481 g/mol. The molecule has 3 aromatic carbocycles. The van der Waals surface area contributed by atoms with Gasteiger partial charge < -0.3 is 14.5 Å². The lowest BCUT2D eigenvalue weighted by atomic mass is 10.1. The fourth-order valence-corrected chi connectivity index (χ4v) is 5.40. The molecule has 1 fully saturated rings. The van der Waals surface area contributed by atoms with E-state index < -0.39 is 10.0 Å². The number of hydrogen-bond acceptors (Lipinski definition) is 5. The van der Waals surface area contributed by atoms with Crippen LogP contribution < -0.4 is 9.64 Å². The summed E-state index contributed by atoms with van der Waals surface area (Å²) in [5.41, 5.74) is 2.98. The van der Waals surface area contributed by atoms with Crippen LogP contribution in [0.5, 0.6) is 5.75 Å². The molecule has 1 amide bonds. The maximum absolute atomic E-state index is 13.3. The molecule has 36 heavy (non-hydrogen) atoms. The normalized spacial score (nSPS) is 14.2. The van der Waals surface area contributed by atoms with Crippen LogP contribution in [0, 0.1) is 12.7 Å². The van der Waals surface area contributed by atoms with Gasteiger partial charge in [0, 0.05) is 56.6 Å². The quantitative estimate of drug-likeness (QED) is 0.481. The summed E-state index contributed by atoms with van der Waals surface area (Å²) in [5, 5.41) is 0. The van der Waals surface area contributed by atoms with E-state index in [1.165, 1.54) is 30.6 Å². The number of piperazine rings is 1. The van der Waals surface area contributed by atoms with Gasteiger partial charge in [-0.25, -0.2) is 12.8 Å². The summed E-state index contributed by atoms with van der Waals surface area (Å²) in [5.74, 6) is 0.112. The number of amides is 1. The molecule has 0 N–H and O–H groups in total. The van der Waals surface area contributed by atoms with Gasteiger partial charge in [0.25, 0.3) is 5.91 Å². The molecule has 0 bridgehead atoms. The van der Waals surface area contributed by atoms with Crippen molar-refractivity contribution >= 4 is 21.6 Å². The second-order valence-electron chi connectivity index (χ2n) is 8.86. The van der Waals surface area contributed by atoms with Crippen molar-refractivity contribution in [2.75, 3.05) is 45.2 Å². The van der Waals surface area contributed by atoms with Gasteiger partial charge in [0.2, 0.25) is 10.0 Å². The highest BCUT2D eigenvalue weighted by Gasteiger charge is 2.25. The Bertz CT molecular complexity index is 1320. The molecule has 1 aliphatic rings. The van der Waals surface area contributed by atoms with E-state index in [9.17, 15) is 17.6 Å². The van der Waals surface area contributed by atoms with Gasteiger partial charge >= 0.3 is 0 Å². The smallest absolute Gasteiger partial charge is 0.253 e. The molecule has 0 aliphatic carbocycles. The third-order valence-electron chi connectivity index (χ3n) is 6.41. The first-order valence-electron chi connectivity index (χ1n) is 11.7. The first kappa shape index (κ1) is 25.7. The summed E-state index contributed by atoms with van der Waals surface area (Å²) in [7, 11) is -0.685. The number of halogens is 1. The molecular formula is C27H30FN3O4S. The number of carbonyl (C=O) groups is 1. The number of carbonyl (C=O) groups excluding carboxylic acids is 1. The largest absolute Gasteiger partial charge is 0.496 e. The van der Waals surface area contributed by atoms with Crippen LogP contribution in [-0.2, 0) is 16.6 Å². The van der Waals surface area contributed by atoms with Crippen LogP contribution in [-0.4, -0.2) is 63.9 Å². The Morgan fingerprint density at radius 3 is 2.22 bits per heavy atom. The van der Waals surface area contributed by atoms with Crippen molar-refractivity contribution in [2.24, 2.45) is 0 Å². The molecule has 1 aliphatic heterocycles. The number of ether oxygens (including phenoxy) is 1. The third kappa shape index (κ3) is 5.52. The lowest BCUT2D eigenvalue weighted by molar-refractivity contribution is 0.0746. The molecule has 3 aromatic rings. The summed E-state index contributed by atoms with van der Waals surface area (Å²) < 4.78 is 46.1. The number of methoxy groups -OCH3 is 1. The third-order valence-corrected chi connectivity index (χ3v) is 8.23. The molecule has 190 valence electrons. The van der Waals surface area contributed by atoms with Crippen molar-refractivity contribution in [2.45, 2.75) is 18.4 Å². The summed E-state index contributed by atoms with van der Waals surface area (Å²) >= 11 is 0. The summed E-state index contributed by atoms with van der Waals surface area (Å²) in [6, 6.07) is 18.1. The maximum Gasteiger partial charge on any atom is 0.253 e. The lowest BCUT2D eigenvalue weighted by Crippen LogP contribution is -2.48. The summed E-state index contributed by atoms with van der Waals surface area (Å²) in [6.45, 7) is 4.28. The molecule has 0 saturated carbocycles. The topological polar surface area (TPSA) is 70.2 Å². The fourth-order valence-electron chi connectivity index (χ4n) is 4.25. The first-order chi connectivity index (χ1) is 17.2. The summed E-state index contributed by atoms with van der Waals surface area (Å²) in [4.78, 5) is 17.4. The van der Waals surface area contributed by atoms with Crippen LogP contribution in [0.2, 0.25) is 0 Å².